The number of para-hydroxylation sites is 1. The topological polar surface area (TPSA) is 79.9 Å². The van der Waals surface area contributed by atoms with Crippen molar-refractivity contribution in [3.8, 4) is 5.75 Å². The van der Waals surface area contributed by atoms with Crippen molar-refractivity contribution in [1.82, 2.24) is 10.2 Å². The predicted octanol–water partition coefficient (Wildman–Crippen LogP) is 3.82. The van der Waals surface area contributed by atoms with E-state index in [1.165, 1.54) is 18.4 Å². The Morgan fingerprint density at radius 2 is 1.83 bits per heavy atom. The maximum atomic E-state index is 12.9. The second kappa shape index (κ2) is 10.9. The summed E-state index contributed by atoms with van der Waals surface area (Å²) in [5.41, 5.74) is 1.84. The zero-order valence-electron chi connectivity index (χ0n) is 17.8. The number of methoxy groups -OCH3 is 2. The Morgan fingerprint density at radius 3 is 2.43 bits per heavy atom. The van der Waals surface area contributed by atoms with Gasteiger partial charge >= 0.3 is 5.97 Å². The highest BCUT2D eigenvalue weighted by molar-refractivity contribution is 7.80. The lowest BCUT2D eigenvalue weighted by molar-refractivity contribution is 0.0601. The highest BCUT2D eigenvalue weighted by Gasteiger charge is 2.27. The predicted molar refractivity (Wildman–Crippen MR) is 124 cm³/mol. The first kappa shape index (κ1) is 23.6. The maximum absolute atomic E-state index is 12.9. The molecule has 7 nitrogen and oxygen atoms in total. The molecule has 2 N–H and O–H groups in total. The zero-order valence-corrected chi connectivity index (χ0v) is 19.5. The molecule has 0 aliphatic rings. The van der Waals surface area contributed by atoms with Crippen LogP contribution in [0, 0.1) is 6.92 Å². The van der Waals surface area contributed by atoms with Gasteiger partial charge in [-0.2, -0.15) is 0 Å². The Balaban J connectivity index is 2.24. The van der Waals surface area contributed by atoms with E-state index in [0.717, 1.165) is 11.3 Å². The maximum Gasteiger partial charge on any atom is 0.341 e. The van der Waals surface area contributed by atoms with Gasteiger partial charge in [-0.1, -0.05) is 18.2 Å². The van der Waals surface area contributed by atoms with E-state index in [4.69, 9.17) is 21.7 Å². The molecule has 0 aliphatic heterocycles. The van der Waals surface area contributed by atoms with Crippen molar-refractivity contribution in [2.24, 2.45) is 0 Å². The van der Waals surface area contributed by atoms with E-state index in [1.54, 1.807) is 18.9 Å². The van der Waals surface area contributed by atoms with Crippen molar-refractivity contribution in [2.45, 2.75) is 27.3 Å². The summed E-state index contributed by atoms with van der Waals surface area (Å²) in [7, 11) is 2.92. The Labute approximate surface area is 186 Å². The van der Waals surface area contributed by atoms with Crippen molar-refractivity contribution >= 4 is 45.5 Å². The fourth-order valence-corrected chi connectivity index (χ4v) is 4.39. The van der Waals surface area contributed by atoms with Crippen LogP contribution in [0.4, 0.5) is 5.00 Å². The van der Waals surface area contributed by atoms with Crippen LogP contribution in [-0.4, -0.2) is 49.2 Å². The van der Waals surface area contributed by atoms with Gasteiger partial charge in [0.1, 0.15) is 10.8 Å². The number of anilines is 1. The van der Waals surface area contributed by atoms with Crippen molar-refractivity contribution in [2.75, 3.05) is 32.6 Å². The van der Waals surface area contributed by atoms with Gasteiger partial charge in [0.2, 0.25) is 0 Å². The fourth-order valence-electron chi connectivity index (χ4n) is 2.98. The van der Waals surface area contributed by atoms with E-state index < -0.39 is 5.97 Å². The van der Waals surface area contributed by atoms with Gasteiger partial charge in [0.05, 0.1) is 24.7 Å². The van der Waals surface area contributed by atoms with E-state index in [2.05, 4.69) is 10.6 Å². The zero-order chi connectivity index (χ0) is 22.3. The molecule has 0 atom stereocenters. The third kappa shape index (κ3) is 5.28. The highest BCUT2D eigenvalue weighted by Crippen LogP contribution is 2.34. The van der Waals surface area contributed by atoms with Crippen molar-refractivity contribution < 1.29 is 19.1 Å². The van der Waals surface area contributed by atoms with Crippen molar-refractivity contribution in [1.29, 1.82) is 0 Å². The fraction of sp³-hybridized carbons (Fsp3) is 0.381. The van der Waals surface area contributed by atoms with Crippen LogP contribution >= 0.6 is 23.6 Å². The van der Waals surface area contributed by atoms with Crippen LogP contribution in [0.1, 0.15) is 45.0 Å². The van der Waals surface area contributed by atoms with Gasteiger partial charge in [-0.05, 0) is 44.6 Å². The number of esters is 1. The molecule has 0 spiro atoms. The summed E-state index contributed by atoms with van der Waals surface area (Å²) in [5, 5.41) is 6.97. The monoisotopic (exact) mass is 449 g/mol. The first-order valence-electron chi connectivity index (χ1n) is 9.55. The number of amides is 1. The van der Waals surface area contributed by atoms with Crippen LogP contribution in [0.5, 0.6) is 5.75 Å². The van der Waals surface area contributed by atoms with Crippen LogP contribution < -0.4 is 15.4 Å². The van der Waals surface area contributed by atoms with E-state index >= 15 is 0 Å². The quantitative estimate of drug-likeness (QED) is 0.468. The molecular formula is C21H27N3O4S2. The van der Waals surface area contributed by atoms with Gasteiger partial charge in [0.25, 0.3) is 5.91 Å². The Kier molecular flexibility index (Phi) is 8.61. The van der Waals surface area contributed by atoms with E-state index in [9.17, 15) is 9.59 Å². The van der Waals surface area contributed by atoms with Gasteiger partial charge in [0.15, 0.2) is 5.11 Å². The number of thiophene rings is 1. The molecular weight excluding hydrogens is 422 g/mol. The molecule has 30 heavy (non-hydrogen) atoms. The normalized spacial score (nSPS) is 10.3. The van der Waals surface area contributed by atoms with Crippen molar-refractivity contribution in [3.05, 3.63) is 45.8 Å². The molecule has 0 aliphatic carbocycles. The SMILES string of the molecule is CCN(CC)C(=O)c1sc(NC(=S)NCc2ccccc2OC)c(C(=O)OC)c1C. The molecule has 0 saturated carbocycles. The van der Waals surface area contributed by atoms with Gasteiger partial charge in [0, 0.05) is 25.2 Å². The first-order chi connectivity index (χ1) is 14.4. The number of hydrogen-bond donors (Lipinski definition) is 2. The van der Waals surface area contributed by atoms with Gasteiger partial charge in [-0.15, -0.1) is 11.3 Å². The van der Waals surface area contributed by atoms with Crippen LogP contribution in [0.25, 0.3) is 0 Å². The first-order valence-corrected chi connectivity index (χ1v) is 10.8. The third-order valence-electron chi connectivity index (χ3n) is 4.64. The van der Waals surface area contributed by atoms with Crippen LogP contribution in [-0.2, 0) is 11.3 Å². The molecule has 0 bridgehead atoms. The summed E-state index contributed by atoms with van der Waals surface area (Å²) in [6, 6.07) is 7.62. The number of ether oxygens (including phenoxy) is 2. The minimum atomic E-state index is -0.516. The number of nitrogens with one attached hydrogen (secondary N) is 2. The molecule has 1 amide bonds. The molecule has 1 aromatic heterocycles. The standard InChI is InChI=1S/C21H27N3O4S2/c1-6-24(7-2)19(25)17-13(3)16(20(26)28-5)18(30-17)23-21(29)22-12-14-10-8-9-11-15(14)27-4/h8-11H,6-7,12H2,1-5H3,(H2,22,23,29). The Bertz CT molecular complexity index is 923. The molecule has 0 unspecified atom stereocenters. The molecule has 2 aromatic rings. The minimum Gasteiger partial charge on any atom is -0.496 e. The van der Waals surface area contributed by atoms with Gasteiger partial charge < -0.3 is 25.0 Å². The largest absolute Gasteiger partial charge is 0.496 e. The van der Waals surface area contributed by atoms with Crippen LogP contribution in [0.15, 0.2) is 24.3 Å². The lowest BCUT2D eigenvalue weighted by Crippen LogP contribution is -2.30. The number of carbonyl (C=O) groups is 2. The summed E-state index contributed by atoms with van der Waals surface area (Å²) in [6.45, 7) is 7.20. The molecule has 0 radical (unpaired) electrons. The lowest BCUT2D eigenvalue weighted by Gasteiger charge is -2.18. The second-order valence-corrected chi connectivity index (χ2v) is 7.78. The summed E-state index contributed by atoms with van der Waals surface area (Å²) in [6.07, 6.45) is 0. The summed E-state index contributed by atoms with van der Waals surface area (Å²) in [4.78, 5) is 27.5. The second-order valence-electron chi connectivity index (χ2n) is 6.35. The summed E-state index contributed by atoms with van der Waals surface area (Å²) < 4.78 is 10.3. The van der Waals surface area contributed by atoms with Gasteiger partial charge in [-0.25, -0.2) is 4.79 Å². The molecule has 1 heterocycles. The van der Waals surface area contributed by atoms with Crippen LogP contribution in [0.3, 0.4) is 0 Å². The third-order valence-corrected chi connectivity index (χ3v) is 6.08. The van der Waals surface area contributed by atoms with E-state index in [-0.39, 0.29) is 5.91 Å². The van der Waals surface area contributed by atoms with Crippen molar-refractivity contribution in [3.63, 3.8) is 0 Å². The number of carbonyl (C=O) groups excluding carboxylic acids is 2. The number of hydrogen-bond acceptors (Lipinski definition) is 6. The van der Waals surface area contributed by atoms with Gasteiger partial charge in [-0.3, -0.25) is 4.79 Å². The minimum absolute atomic E-state index is 0.117. The van der Waals surface area contributed by atoms with Crippen LogP contribution in [0.2, 0.25) is 0 Å². The molecule has 0 saturated heterocycles. The number of benzene rings is 1. The number of rotatable bonds is 8. The Hall–Kier alpha value is -2.65. The number of thiocarbonyl (C=S) groups is 1. The molecule has 1 aromatic carbocycles. The lowest BCUT2D eigenvalue weighted by atomic mass is 10.1. The molecule has 2 rings (SSSR count). The highest BCUT2D eigenvalue weighted by atomic mass is 32.1. The number of nitrogens with zero attached hydrogens (tertiary/aromatic N) is 1. The van der Waals surface area contributed by atoms with E-state index in [1.807, 2.05) is 38.1 Å². The summed E-state index contributed by atoms with van der Waals surface area (Å²) in [5.74, 6) is 0.119. The molecule has 0 fully saturated rings. The summed E-state index contributed by atoms with van der Waals surface area (Å²) >= 11 is 6.61. The van der Waals surface area contributed by atoms with E-state index in [0.29, 0.717) is 45.8 Å². The average molecular weight is 450 g/mol. The smallest absolute Gasteiger partial charge is 0.341 e. The Morgan fingerprint density at radius 1 is 1.17 bits per heavy atom. The molecule has 9 heteroatoms. The molecule has 162 valence electrons. The average Bonchev–Trinajstić information content (AvgIpc) is 3.08.